The molecular formula is C21H27Br. The second-order valence-electron chi connectivity index (χ2n) is 7.00. The van der Waals surface area contributed by atoms with Crippen molar-refractivity contribution >= 4 is 21.5 Å². The van der Waals surface area contributed by atoms with Gasteiger partial charge in [0.05, 0.1) is 4.32 Å². The van der Waals surface area contributed by atoms with Crippen LogP contribution in [0.5, 0.6) is 0 Å². The molecule has 0 saturated heterocycles. The Morgan fingerprint density at radius 3 is 2.41 bits per heavy atom. The Morgan fingerprint density at radius 1 is 1.09 bits per heavy atom. The van der Waals surface area contributed by atoms with E-state index in [1.807, 2.05) is 0 Å². The van der Waals surface area contributed by atoms with Gasteiger partial charge in [0, 0.05) is 0 Å². The number of allylic oxidation sites excluding steroid dienone is 4. The summed E-state index contributed by atoms with van der Waals surface area (Å²) in [4.78, 5) is 0. The van der Waals surface area contributed by atoms with E-state index in [1.54, 1.807) is 0 Å². The van der Waals surface area contributed by atoms with Gasteiger partial charge in [-0.25, -0.2) is 0 Å². The van der Waals surface area contributed by atoms with Gasteiger partial charge >= 0.3 is 0 Å². The molecule has 2 aliphatic rings. The van der Waals surface area contributed by atoms with Crippen molar-refractivity contribution in [1.82, 2.24) is 0 Å². The maximum Gasteiger partial charge on any atom is 0.0502 e. The van der Waals surface area contributed by atoms with Gasteiger partial charge in [0.25, 0.3) is 0 Å². The first kappa shape index (κ1) is 16.1. The molecule has 1 atom stereocenters. The van der Waals surface area contributed by atoms with Gasteiger partial charge in [-0.05, 0) is 42.2 Å². The Labute approximate surface area is 143 Å². The first-order chi connectivity index (χ1) is 10.7. The van der Waals surface area contributed by atoms with Gasteiger partial charge < -0.3 is 0 Å². The van der Waals surface area contributed by atoms with Crippen LogP contribution in [0.25, 0.3) is 5.57 Å². The van der Waals surface area contributed by atoms with E-state index in [0.29, 0.717) is 0 Å². The smallest absolute Gasteiger partial charge is 0.0502 e. The summed E-state index contributed by atoms with van der Waals surface area (Å²) >= 11 is 4.09. The number of benzene rings is 1. The van der Waals surface area contributed by atoms with Crippen molar-refractivity contribution < 1.29 is 0 Å². The van der Waals surface area contributed by atoms with Crippen molar-refractivity contribution in [2.75, 3.05) is 0 Å². The van der Waals surface area contributed by atoms with E-state index in [2.05, 4.69) is 71.4 Å². The van der Waals surface area contributed by atoms with E-state index < -0.39 is 0 Å². The van der Waals surface area contributed by atoms with Crippen LogP contribution in [-0.2, 0) is 0 Å². The number of hydrogen-bond acceptors (Lipinski definition) is 0. The van der Waals surface area contributed by atoms with Crippen LogP contribution in [0.2, 0.25) is 0 Å². The minimum atomic E-state index is 0.197. The summed E-state index contributed by atoms with van der Waals surface area (Å²) in [6, 6.07) is 10.7. The predicted molar refractivity (Wildman–Crippen MR) is 100 cm³/mol. The first-order valence-corrected chi connectivity index (χ1v) is 9.64. The Bertz CT molecular complexity index is 534. The van der Waals surface area contributed by atoms with Crippen LogP contribution in [0, 0.1) is 11.8 Å². The van der Waals surface area contributed by atoms with Crippen molar-refractivity contribution in [1.29, 1.82) is 0 Å². The summed E-state index contributed by atoms with van der Waals surface area (Å²) in [5.41, 5.74) is 2.70. The lowest BCUT2D eigenvalue weighted by atomic mass is 9.72. The highest BCUT2D eigenvalue weighted by Crippen LogP contribution is 2.46. The fourth-order valence-electron chi connectivity index (χ4n) is 4.12. The monoisotopic (exact) mass is 358 g/mol. The van der Waals surface area contributed by atoms with Crippen LogP contribution in [0.3, 0.4) is 0 Å². The van der Waals surface area contributed by atoms with Crippen molar-refractivity contribution in [3.05, 3.63) is 54.1 Å². The summed E-state index contributed by atoms with van der Waals surface area (Å²) < 4.78 is 0.197. The third-order valence-electron chi connectivity index (χ3n) is 5.50. The highest BCUT2D eigenvalue weighted by Gasteiger charge is 2.36. The number of hydrogen-bond donors (Lipinski definition) is 0. The van der Waals surface area contributed by atoms with E-state index >= 15 is 0 Å². The van der Waals surface area contributed by atoms with E-state index in [9.17, 15) is 0 Å². The van der Waals surface area contributed by atoms with E-state index in [-0.39, 0.29) is 4.32 Å². The third-order valence-corrected chi connectivity index (χ3v) is 6.74. The molecule has 3 rings (SSSR count). The van der Waals surface area contributed by atoms with Crippen LogP contribution in [0.15, 0.2) is 48.6 Å². The maximum absolute atomic E-state index is 4.09. The fourth-order valence-corrected chi connectivity index (χ4v) is 4.87. The maximum atomic E-state index is 4.09. The van der Waals surface area contributed by atoms with Crippen molar-refractivity contribution in [2.45, 2.75) is 56.2 Å². The van der Waals surface area contributed by atoms with E-state index in [1.165, 1.54) is 49.7 Å². The third kappa shape index (κ3) is 3.56. The highest BCUT2D eigenvalue weighted by atomic mass is 79.9. The summed E-state index contributed by atoms with van der Waals surface area (Å²) in [7, 11) is 0. The van der Waals surface area contributed by atoms with Gasteiger partial charge in [-0.1, -0.05) is 97.1 Å². The minimum Gasteiger partial charge on any atom is -0.0801 e. The SMILES string of the molecule is CCCC1CCC(C2(Br)C=CC(c3ccccc3)=CC2)CC1. The molecule has 1 fully saturated rings. The molecule has 0 N–H and O–H groups in total. The molecule has 0 heterocycles. The zero-order valence-electron chi connectivity index (χ0n) is 13.6. The molecule has 0 aromatic heterocycles. The molecule has 1 aromatic rings. The second-order valence-corrected chi connectivity index (χ2v) is 8.47. The normalized spacial score (nSPS) is 31.8. The zero-order chi connectivity index (χ0) is 15.4. The van der Waals surface area contributed by atoms with Gasteiger partial charge in [0.15, 0.2) is 0 Å². The minimum absolute atomic E-state index is 0.197. The van der Waals surface area contributed by atoms with E-state index in [4.69, 9.17) is 0 Å². The van der Waals surface area contributed by atoms with Gasteiger partial charge in [0.2, 0.25) is 0 Å². The molecule has 0 bridgehead atoms. The van der Waals surface area contributed by atoms with Gasteiger partial charge in [-0.15, -0.1) is 0 Å². The summed E-state index contributed by atoms with van der Waals surface area (Å²) in [5.74, 6) is 1.78. The van der Waals surface area contributed by atoms with Crippen LogP contribution in [0.4, 0.5) is 0 Å². The Hall–Kier alpha value is -0.820. The van der Waals surface area contributed by atoms with Gasteiger partial charge in [-0.3, -0.25) is 0 Å². The molecule has 22 heavy (non-hydrogen) atoms. The average Bonchev–Trinajstić information content (AvgIpc) is 2.57. The van der Waals surface area contributed by atoms with Crippen LogP contribution < -0.4 is 0 Å². The zero-order valence-corrected chi connectivity index (χ0v) is 15.2. The van der Waals surface area contributed by atoms with Gasteiger partial charge in [-0.2, -0.15) is 0 Å². The molecule has 0 aliphatic heterocycles. The van der Waals surface area contributed by atoms with Crippen molar-refractivity contribution in [3.8, 4) is 0 Å². The molecular weight excluding hydrogens is 332 g/mol. The quantitative estimate of drug-likeness (QED) is 0.520. The van der Waals surface area contributed by atoms with E-state index in [0.717, 1.165) is 18.3 Å². The number of rotatable bonds is 4. The summed E-state index contributed by atoms with van der Waals surface area (Å²) in [5, 5.41) is 0. The number of halogens is 1. The molecule has 1 saturated carbocycles. The molecule has 0 nitrogen and oxygen atoms in total. The van der Waals surface area contributed by atoms with Crippen LogP contribution in [-0.4, -0.2) is 4.32 Å². The summed E-state index contributed by atoms with van der Waals surface area (Å²) in [6.07, 6.45) is 16.7. The first-order valence-electron chi connectivity index (χ1n) is 8.85. The van der Waals surface area contributed by atoms with Crippen LogP contribution >= 0.6 is 15.9 Å². The molecule has 2 aliphatic carbocycles. The predicted octanol–water partition coefficient (Wildman–Crippen LogP) is 6.77. The lowest BCUT2D eigenvalue weighted by molar-refractivity contribution is 0.238. The lowest BCUT2D eigenvalue weighted by Gasteiger charge is -2.39. The molecule has 0 spiro atoms. The van der Waals surface area contributed by atoms with Crippen molar-refractivity contribution in [2.24, 2.45) is 11.8 Å². The van der Waals surface area contributed by atoms with Crippen LogP contribution in [0.1, 0.15) is 57.4 Å². The summed E-state index contributed by atoms with van der Waals surface area (Å²) in [6.45, 7) is 2.32. The Morgan fingerprint density at radius 2 is 1.82 bits per heavy atom. The molecule has 1 heteroatoms. The topological polar surface area (TPSA) is 0 Å². The number of alkyl halides is 1. The molecule has 118 valence electrons. The molecule has 1 unspecified atom stereocenters. The highest BCUT2D eigenvalue weighted by molar-refractivity contribution is 9.10. The fraction of sp³-hybridized carbons (Fsp3) is 0.524. The van der Waals surface area contributed by atoms with Gasteiger partial charge in [0.1, 0.15) is 0 Å². The second kappa shape index (κ2) is 7.17. The molecule has 0 radical (unpaired) electrons. The Kier molecular flexibility index (Phi) is 5.23. The molecule has 1 aromatic carbocycles. The lowest BCUT2D eigenvalue weighted by Crippen LogP contribution is -2.33. The van der Waals surface area contributed by atoms with Crippen molar-refractivity contribution in [3.63, 3.8) is 0 Å². The largest absolute Gasteiger partial charge is 0.0801 e. The average molecular weight is 359 g/mol. The Balaban J connectivity index is 1.63. The standard InChI is InChI=1S/C21H27Br/c1-2-6-17-9-11-20(12-10-17)21(22)15-13-19(14-16-21)18-7-4-3-5-8-18/h3-5,7-8,13-15,17,20H,2,6,9-12,16H2,1H3. The molecule has 0 amide bonds.